The molecule has 3 aromatic carbocycles. The average Bonchev–Trinajstić information content (AvgIpc) is 3.57. The number of rotatable bonds is 8. The van der Waals surface area contributed by atoms with Gasteiger partial charge in [-0.1, -0.05) is 41.9 Å². The summed E-state index contributed by atoms with van der Waals surface area (Å²) >= 11 is 12.0. The third-order valence-corrected chi connectivity index (χ3v) is 7.39. The lowest BCUT2D eigenvalue weighted by Crippen LogP contribution is -2.36. The lowest BCUT2D eigenvalue weighted by atomic mass is 10.1. The molecule has 1 N–H and O–H groups in total. The number of anilines is 1. The molecule has 1 aliphatic rings. The highest BCUT2D eigenvalue weighted by Crippen LogP contribution is 2.34. The normalized spacial score (nSPS) is 12.4. The number of nitrogens with zero attached hydrogens (tertiary/aromatic N) is 3. The molecule has 0 bridgehead atoms. The molecule has 0 spiro atoms. The number of thiocarbonyl (C=S) groups is 1. The van der Waals surface area contributed by atoms with Crippen molar-refractivity contribution in [2.45, 2.75) is 32.6 Å². The smallest absolute Gasteiger partial charge is 0.416 e. The van der Waals surface area contributed by atoms with Gasteiger partial charge in [0.2, 0.25) is 6.79 Å². The van der Waals surface area contributed by atoms with Crippen LogP contribution in [0.2, 0.25) is 5.02 Å². The van der Waals surface area contributed by atoms with Crippen LogP contribution in [0.1, 0.15) is 27.9 Å². The van der Waals surface area contributed by atoms with Gasteiger partial charge in [0, 0.05) is 48.7 Å². The third-order valence-electron chi connectivity index (χ3n) is 6.62. The summed E-state index contributed by atoms with van der Waals surface area (Å²) in [6.07, 6.45) is -0.501. The van der Waals surface area contributed by atoms with Gasteiger partial charge in [0.25, 0.3) is 0 Å². The number of aryl methyl sites for hydroxylation is 1. The standard InChI is InChI=1S/C29H26ClF3N4O2S/c1-19-6-8-22(13-25(19)30)35-28(40)36(16-21-4-2-3-5-24(21)29(31,32)33)11-10-23-14-34-17-37(23)15-20-7-9-26-27(12-20)39-18-38-26/h2-9,12-14,17H,10-11,15-16,18H2,1H3,(H,35,40). The monoisotopic (exact) mass is 586 g/mol. The minimum absolute atomic E-state index is 0.0303. The Bertz CT molecular complexity index is 1530. The maximum atomic E-state index is 13.8. The molecule has 208 valence electrons. The zero-order valence-corrected chi connectivity index (χ0v) is 23.1. The van der Waals surface area contributed by atoms with Gasteiger partial charge in [0.05, 0.1) is 11.9 Å². The molecule has 5 rings (SSSR count). The van der Waals surface area contributed by atoms with E-state index in [0.717, 1.165) is 22.9 Å². The van der Waals surface area contributed by atoms with Crippen molar-refractivity contribution in [1.29, 1.82) is 0 Å². The summed E-state index contributed by atoms with van der Waals surface area (Å²) in [4.78, 5) is 6.03. The molecule has 0 unspecified atom stereocenters. The molecule has 0 atom stereocenters. The molecule has 0 amide bonds. The zero-order chi connectivity index (χ0) is 28.3. The Morgan fingerprint density at radius 3 is 2.70 bits per heavy atom. The maximum Gasteiger partial charge on any atom is 0.416 e. The molecule has 11 heteroatoms. The van der Waals surface area contributed by atoms with Gasteiger partial charge in [-0.05, 0) is 66.2 Å². The molecule has 1 aromatic heterocycles. The van der Waals surface area contributed by atoms with Gasteiger partial charge in [0.1, 0.15) is 0 Å². The van der Waals surface area contributed by atoms with E-state index in [1.54, 1.807) is 29.6 Å². The van der Waals surface area contributed by atoms with Gasteiger partial charge in [-0.15, -0.1) is 0 Å². The molecular weight excluding hydrogens is 561 g/mol. The molecule has 1 aliphatic heterocycles. The molecule has 0 aliphatic carbocycles. The number of nitrogens with one attached hydrogen (secondary N) is 1. The summed E-state index contributed by atoms with van der Waals surface area (Å²) in [5.74, 6) is 1.40. The lowest BCUT2D eigenvalue weighted by molar-refractivity contribution is -0.138. The van der Waals surface area contributed by atoms with Crippen molar-refractivity contribution in [2.75, 3.05) is 18.7 Å². The minimum atomic E-state index is -4.48. The van der Waals surface area contributed by atoms with Crippen molar-refractivity contribution in [1.82, 2.24) is 14.5 Å². The Hall–Kier alpha value is -3.76. The SMILES string of the molecule is Cc1ccc(NC(=S)N(CCc2cncn2Cc2ccc3c(c2)OCO3)Cc2ccccc2C(F)(F)F)cc1Cl. The van der Waals surface area contributed by atoms with Crippen molar-refractivity contribution in [3.05, 3.63) is 106 Å². The van der Waals surface area contributed by atoms with Crippen LogP contribution < -0.4 is 14.8 Å². The third kappa shape index (κ3) is 6.51. The number of hydrogen-bond donors (Lipinski definition) is 1. The summed E-state index contributed by atoms with van der Waals surface area (Å²) < 4.78 is 54.2. The summed E-state index contributed by atoms with van der Waals surface area (Å²) in [5, 5.41) is 3.99. The second-order valence-electron chi connectivity index (χ2n) is 9.42. The predicted molar refractivity (Wildman–Crippen MR) is 152 cm³/mol. The number of halogens is 4. The van der Waals surface area contributed by atoms with E-state index in [-0.39, 0.29) is 18.9 Å². The van der Waals surface area contributed by atoms with Crippen molar-refractivity contribution in [3.63, 3.8) is 0 Å². The van der Waals surface area contributed by atoms with E-state index in [1.165, 1.54) is 12.1 Å². The van der Waals surface area contributed by atoms with Crippen LogP contribution in [0, 0.1) is 6.92 Å². The number of benzene rings is 3. The summed E-state index contributed by atoms with van der Waals surface area (Å²) in [6.45, 7) is 2.96. The zero-order valence-electron chi connectivity index (χ0n) is 21.5. The second kappa shape index (κ2) is 11.8. The fraction of sp³-hybridized carbons (Fsp3) is 0.241. The Kier molecular flexibility index (Phi) is 8.18. The topological polar surface area (TPSA) is 51.6 Å². The van der Waals surface area contributed by atoms with Gasteiger partial charge in [0.15, 0.2) is 16.6 Å². The van der Waals surface area contributed by atoms with Crippen LogP contribution in [-0.2, 0) is 25.7 Å². The first-order valence-electron chi connectivity index (χ1n) is 12.5. The predicted octanol–water partition coefficient (Wildman–Crippen LogP) is 7.08. The van der Waals surface area contributed by atoms with E-state index in [2.05, 4.69) is 10.3 Å². The van der Waals surface area contributed by atoms with Crippen LogP contribution in [0.4, 0.5) is 18.9 Å². The average molecular weight is 587 g/mol. The van der Waals surface area contributed by atoms with Crippen molar-refractivity contribution < 1.29 is 22.6 Å². The van der Waals surface area contributed by atoms with E-state index >= 15 is 0 Å². The number of alkyl halides is 3. The van der Waals surface area contributed by atoms with Crippen molar-refractivity contribution in [2.24, 2.45) is 0 Å². The van der Waals surface area contributed by atoms with E-state index in [9.17, 15) is 13.2 Å². The van der Waals surface area contributed by atoms with Crippen molar-refractivity contribution in [3.8, 4) is 11.5 Å². The highest BCUT2D eigenvalue weighted by Gasteiger charge is 2.33. The first-order chi connectivity index (χ1) is 19.2. The molecule has 0 fully saturated rings. The summed E-state index contributed by atoms with van der Waals surface area (Å²) in [7, 11) is 0. The van der Waals surface area contributed by atoms with Gasteiger partial charge in [-0.2, -0.15) is 13.2 Å². The lowest BCUT2D eigenvalue weighted by Gasteiger charge is -2.27. The van der Waals surface area contributed by atoms with Crippen LogP contribution in [0.3, 0.4) is 0 Å². The van der Waals surface area contributed by atoms with Crippen molar-refractivity contribution >= 4 is 34.6 Å². The Balaban J connectivity index is 1.35. The number of ether oxygens (including phenoxy) is 2. The van der Waals surface area contributed by atoms with Crippen LogP contribution in [0.5, 0.6) is 11.5 Å². The van der Waals surface area contributed by atoms with E-state index in [1.807, 2.05) is 41.8 Å². The second-order valence-corrected chi connectivity index (χ2v) is 10.2. The molecule has 2 heterocycles. The molecule has 6 nitrogen and oxygen atoms in total. The number of fused-ring (bicyclic) bond motifs is 1. The number of hydrogen-bond acceptors (Lipinski definition) is 4. The Morgan fingerprint density at radius 1 is 1.10 bits per heavy atom. The largest absolute Gasteiger partial charge is 0.454 e. The Labute approximate surface area is 240 Å². The highest BCUT2D eigenvalue weighted by molar-refractivity contribution is 7.80. The number of aromatic nitrogens is 2. The fourth-order valence-electron chi connectivity index (χ4n) is 4.45. The van der Waals surface area contributed by atoms with Crippen LogP contribution in [0.15, 0.2) is 73.2 Å². The molecule has 0 radical (unpaired) electrons. The quantitative estimate of drug-likeness (QED) is 0.223. The van der Waals surface area contributed by atoms with Crippen LogP contribution in [-0.4, -0.2) is 32.9 Å². The van der Waals surface area contributed by atoms with E-state index < -0.39 is 11.7 Å². The highest BCUT2D eigenvalue weighted by atomic mass is 35.5. The van der Waals surface area contributed by atoms with Gasteiger partial charge in [-0.25, -0.2) is 4.98 Å². The van der Waals surface area contributed by atoms with Gasteiger partial charge < -0.3 is 24.3 Å². The van der Waals surface area contributed by atoms with Gasteiger partial charge >= 0.3 is 6.18 Å². The minimum Gasteiger partial charge on any atom is -0.454 e. The molecule has 4 aromatic rings. The van der Waals surface area contributed by atoms with Crippen LogP contribution >= 0.6 is 23.8 Å². The van der Waals surface area contributed by atoms with E-state index in [0.29, 0.717) is 46.8 Å². The van der Waals surface area contributed by atoms with Crippen LogP contribution in [0.25, 0.3) is 0 Å². The maximum absolute atomic E-state index is 13.8. The summed E-state index contributed by atoms with van der Waals surface area (Å²) in [5.41, 5.74) is 2.93. The molecule has 40 heavy (non-hydrogen) atoms. The first-order valence-corrected chi connectivity index (χ1v) is 13.3. The summed E-state index contributed by atoms with van der Waals surface area (Å²) in [6, 6.07) is 16.7. The molecule has 0 saturated carbocycles. The molecular formula is C29H26ClF3N4O2S. The van der Waals surface area contributed by atoms with E-state index in [4.69, 9.17) is 33.3 Å². The fourth-order valence-corrected chi connectivity index (χ4v) is 4.90. The molecule has 0 saturated heterocycles. The number of imidazole rings is 1. The first kappa shape index (κ1) is 27.8. The van der Waals surface area contributed by atoms with Gasteiger partial charge in [-0.3, -0.25) is 0 Å². The Morgan fingerprint density at radius 2 is 1.90 bits per heavy atom.